The maximum absolute atomic E-state index is 12.2. The standard InChI is InChI=1S/C21H23NO5/c1-4-26-19-8-6-5-7-17(19)21(25)27-13-18(23)15-9-11-16(12-10-15)22-20(24)14(2)3/h5-12,14H,4,13H2,1-3H3,(H,22,24). The van der Waals surface area contributed by atoms with Crippen molar-refractivity contribution in [2.45, 2.75) is 20.8 Å². The first-order valence-electron chi connectivity index (χ1n) is 8.75. The molecule has 0 radical (unpaired) electrons. The van der Waals surface area contributed by atoms with E-state index in [0.717, 1.165) is 0 Å². The molecule has 142 valence electrons. The number of amides is 1. The summed E-state index contributed by atoms with van der Waals surface area (Å²) in [4.78, 5) is 36.1. The van der Waals surface area contributed by atoms with Crippen molar-refractivity contribution in [1.29, 1.82) is 0 Å². The van der Waals surface area contributed by atoms with Crippen molar-refractivity contribution in [3.05, 3.63) is 59.7 Å². The van der Waals surface area contributed by atoms with Gasteiger partial charge in [0.1, 0.15) is 11.3 Å². The van der Waals surface area contributed by atoms with Gasteiger partial charge in [-0.2, -0.15) is 0 Å². The number of benzene rings is 2. The molecule has 0 atom stereocenters. The molecule has 0 aromatic heterocycles. The number of hydrogen-bond donors (Lipinski definition) is 1. The van der Waals surface area contributed by atoms with Gasteiger partial charge in [-0.05, 0) is 43.3 Å². The lowest BCUT2D eigenvalue weighted by atomic mass is 10.1. The quantitative estimate of drug-likeness (QED) is 0.566. The second kappa shape index (κ2) is 9.52. The molecule has 0 saturated carbocycles. The number of Topliss-reactive ketones (excluding diaryl/α,β-unsaturated/α-hetero) is 1. The molecule has 0 bridgehead atoms. The van der Waals surface area contributed by atoms with Crippen LogP contribution in [0.4, 0.5) is 5.69 Å². The molecule has 27 heavy (non-hydrogen) atoms. The Balaban J connectivity index is 1.95. The number of esters is 1. The molecule has 2 aromatic carbocycles. The maximum Gasteiger partial charge on any atom is 0.342 e. The van der Waals surface area contributed by atoms with Gasteiger partial charge in [-0.25, -0.2) is 4.79 Å². The third-order valence-electron chi connectivity index (χ3n) is 3.74. The molecule has 1 amide bonds. The fraction of sp³-hybridized carbons (Fsp3) is 0.286. The number of anilines is 1. The molecule has 6 nitrogen and oxygen atoms in total. The van der Waals surface area contributed by atoms with Gasteiger partial charge in [-0.15, -0.1) is 0 Å². The monoisotopic (exact) mass is 369 g/mol. The van der Waals surface area contributed by atoms with Gasteiger partial charge < -0.3 is 14.8 Å². The topological polar surface area (TPSA) is 81.7 Å². The lowest BCUT2D eigenvalue weighted by molar-refractivity contribution is -0.118. The molecule has 0 saturated heterocycles. The molecule has 0 heterocycles. The van der Waals surface area contributed by atoms with Gasteiger partial charge in [0.25, 0.3) is 0 Å². The van der Waals surface area contributed by atoms with Gasteiger partial charge in [0.2, 0.25) is 5.91 Å². The second-order valence-corrected chi connectivity index (χ2v) is 6.15. The molecule has 2 rings (SSSR count). The van der Waals surface area contributed by atoms with E-state index in [-0.39, 0.29) is 29.8 Å². The highest BCUT2D eigenvalue weighted by Gasteiger charge is 2.16. The first kappa shape index (κ1) is 20.2. The smallest absolute Gasteiger partial charge is 0.342 e. The van der Waals surface area contributed by atoms with E-state index in [1.807, 2.05) is 6.92 Å². The highest BCUT2D eigenvalue weighted by Crippen LogP contribution is 2.19. The van der Waals surface area contributed by atoms with E-state index >= 15 is 0 Å². The summed E-state index contributed by atoms with van der Waals surface area (Å²) in [6, 6.07) is 13.2. The van der Waals surface area contributed by atoms with Crippen LogP contribution in [0.25, 0.3) is 0 Å². The highest BCUT2D eigenvalue weighted by atomic mass is 16.5. The maximum atomic E-state index is 12.2. The Morgan fingerprint density at radius 3 is 2.30 bits per heavy atom. The number of carbonyl (C=O) groups is 3. The van der Waals surface area contributed by atoms with Gasteiger partial charge in [0, 0.05) is 17.2 Å². The van der Waals surface area contributed by atoms with E-state index in [1.165, 1.54) is 0 Å². The molecule has 0 unspecified atom stereocenters. The van der Waals surface area contributed by atoms with Crippen LogP contribution in [-0.2, 0) is 9.53 Å². The van der Waals surface area contributed by atoms with Crippen molar-refractivity contribution >= 4 is 23.3 Å². The van der Waals surface area contributed by atoms with Crippen molar-refractivity contribution in [1.82, 2.24) is 0 Å². The Bertz CT molecular complexity index is 812. The molecule has 0 aliphatic carbocycles. The zero-order valence-corrected chi connectivity index (χ0v) is 15.7. The van der Waals surface area contributed by atoms with Crippen LogP contribution in [0.2, 0.25) is 0 Å². The number of para-hydroxylation sites is 1. The van der Waals surface area contributed by atoms with Crippen LogP contribution in [0.5, 0.6) is 5.75 Å². The lowest BCUT2D eigenvalue weighted by Crippen LogP contribution is -2.18. The van der Waals surface area contributed by atoms with Gasteiger partial charge >= 0.3 is 5.97 Å². The lowest BCUT2D eigenvalue weighted by Gasteiger charge is -2.10. The summed E-state index contributed by atoms with van der Waals surface area (Å²) < 4.78 is 10.5. The fourth-order valence-corrected chi connectivity index (χ4v) is 2.23. The second-order valence-electron chi connectivity index (χ2n) is 6.15. The molecular weight excluding hydrogens is 346 g/mol. The third-order valence-corrected chi connectivity index (χ3v) is 3.74. The predicted octanol–water partition coefficient (Wildman–Crippen LogP) is 3.72. The Labute approximate surface area is 158 Å². The van der Waals surface area contributed by atoms with E-state index in [1.54, 1.807) is 62.4 Å². The van der Waals surface area contributed by atoms with E-state index in [0.29, 0.717) is 23.6 Å². The SMILES string of the molecule is CCOc1ccccc1C(=O)OCC(=O)c1ccc(NC(=O)C(C)C)cc1. The molecule has 6 heteroatoms. The van der Waals surface area contributed by atoms with Crippen molar-refractivity contribution in [3.63, 3.8) is 0 Å². The van der Waals surface area contributed by atoms with Crippen LogP contribution in [0.3, 0.4) is 0 Å². The number of carbonyl (C=O) groups excluding carboxylic acids is 3. The molecule has 0 aliphatic heterocycles. The summed E-state index contributed by atoms with van der Waals surface area (Å²) in [6.07, 6.45) is 0. The van der Waals surface area contributed by atoms with E-state index in [2.05, 4.69) is 5.32 Å². The summed E-state index contributed by atoms with van der Waals surface area (Å²) in [5.74, 6) is -0.767. The first-order chi connectivity index (χ1) is 12.9. The van der Waals surface area contributed by atoms with E-state index < -0.39 is 5.97 Å². The number of ether oxygens (including phenoxy) is 2. The number of ketones is 1. The van der Waals surface area contributed by atoms with Crippen molar-refractivity contribution < 1.29 is 23.9 Å². The summed E-state index contributed by atoms with van der Waals surface area (Å²) in [5, 5.41) is 2.75. The largest absolute Gasteiger partial charge is 0.493 e. The zero-order valence-electron chi connectivity index (χ0n) is 15.7. The Morgan fingerprint density at radius 1 is 1.00 bits per heavy atom. The average molecular weight is 369 g/mol. The van der Waals surface area contributed by atoms with Gasteiger partial charge in [0.15, 0.2) is 12.4 Å². The fourth-order valence-electron chi connectivity index (χ4n) is 2.23. The van der Waals surface area contributed by atoms with Crippen LogP contribution < -0.4 is 10.1 Å². The summed E-state index contributed by atoms with van der Waals surface area (Å²) in [7, 11) is 0. The normalized spacial score (nSPS) is 10.4. The number of nitrogens with one attached hydrogen (secondary N) is 1. The van der Waals surface area contributed by atoms with Gasteiger partial charge in [-0.3, -0.25) is 9.59 Å². The summed E-state index contributed by atoms with van der Waals surface area (Å²) >= 11 is 0. The van der Waals surface area contributed by atoms with Crippen molar-refractivity contribution in [2.24, 2.45) is 5.92 Å². The van der Waals surface area contributed by atoms with Crippen LogP contribution >= 0.6 is 0 Å². The molecule has 1 N–H and O–H groups in total. The summed E-state index contributed by atoms with van der Waals surface area (Å²) in [5.41, 5.74) is 1.27. The van der Waals surface area contributed by atoms with Gasteiger partial charge in [-0.1, -0.05) is 26.0 Å². The van der Waals surface area contributed by atoms with E-state index in [9.17, 15) is 14.4 Å². The van der Waals surface area contributed by atoms with E-state index in [4.69, 9.17) is 9.47 Å². The Hall–Kier alpha value is -3.15. The van der Waals surface area contributed by atoms with Crippen LogP contribution in [0.15, 0.2) is 48.5 Å². The molecule has 0 aliphatic rings. The minimum Gasteiger partial charge on any atom is -0.493 e. The summed E-state index contributed by atoms with van der Waals surface area (Å²) in [6.45, 7) is 5.45. The van der Waals surface area contributed by atoms with Crippen LogP contribution in [0, 0.1) is 5.92 Å². The molecular formula is C21H23NO5. The van der Waals surface area contributed by atoms with Crippen molar-refractivity contribution in [2.75, 3.05) is 18.5 Å². The predicted molar refractivity (Wildman–Crippen MR) is 102 cm³/mol. The zero-order chi connectivity index (χ0) is 19.8. The van der Waals surface area contributed by atoms with Crippen molar-refractivity contribution in [3.8, 4) is 5.75 Å². The van der Waals surface area contributed by atoms with Crippen LogP contribution in [-0.4, -0.2) is 30.9 Å². The average Bonchev–Trinajstić information content (AvgIpc) is 2.67. The van der Waals surface area contributed by atoms with Crippen LogP contribution in [0.1, 0.15) is 41.5 Å². The minimum atomic E-state index is -0.617. The third kappa shape index (κ3) is 5.67. The molecule has 0 spiro atoms. The Morgan fingerprint density at radius 2 is 1.67 bits per heavy atom. The number of rotatable bonds is 8. The first-order valence-corrected chi connectivity index (χ1v) is 8.75. The highest BCUT2D eigenvalue weighted by molar-refractivity contribution is 6.00. The Kier molecular flexibility index (Phi) is 7.11. The van der Waals surface area contributed by atoms with Gasteiger partial charge in [0.05, 0.1) is 6.61 Å². The molecule has 2 aromatic rings. The minimum absolute atomic E-state index is 0.101. The number of hydrogen-bond acceptors (Lipinski definition) is 5. The molecule has 0 fully saturated rings.